The van der Waals surface area contributed by atoms with Crippen LogP contribution in [0, 0.1) is 0 Å². The molecule has 0 aromatic heterocycles. The molecule has 0 saturated heterocycles. The minimum absolute atomic E-state index is 0.00331. The Kier molecular flexibility index (Phi) is 4.97. The van der Waals surface area contributed by atoms with E-state index in [1.54, 1.807) is 12.1 Å². The number of phenols is 1. The van der Waals surface area contributed by atoms with Crippen LogP contribution in [0.4, 0.5) is 0 Å². The van der Waals surface area contributed by atoms with Gasteiger partial charge in [0.2, 0.25) is 0 Å². The van der Waals surface area contributed by atoms with E-state index in [-0.39, 0.29) is 17.1 Å². The third-order valence-corrected chi connectivity index (χ3v) is 4.22. The average Bonchev–Trinajstić information content (AvgIpc) is 2.39. The van der Waals surface area contributed by atoms with Crippen LogP contribution in [0.15, 0.2) is 41.3 Å². The van der Waals surface area contributed by atoms with Crippen molar-refractivity contribution in [3.8, 4) is 5.75 Å². The number of rotatable bonds is 4. The summed E-state index contributed by atoms with van der Waals surface area (Å²) >= 11 is 13.4. The van der Waals surface area contributed by atoms with E-state index >= 15 is 0 Å². The Morgan fingerprint density at radius 2 is 1.95 bits per heavy atom. The number of halogens is 2. The minimum atomic E-state index is -0.209. The molecule has 104 valence electrons. The summed E-state index contributed by atoms with van der Waals surface area (Å²) in [4.78, 5) is 12.4. The fourth-order valence-corrected chi connectivity index (χ4v) is 3.18. The van der Waals surface area contributed by atoms with E-state index in [9.17, 15) is 9.90 Å². The van der Waals surface area contributed by atoms with Gasteiger partial charge >= 0.3 is 0 Å². The van der Waals surface area contributed by atoms with Crippen molar-refractivity contribution in [1.82, 2.24) is 0 Å². The van der Waals surface area contributed by atoms with Crippen LogP contribution in [0.5, 0.6) is 5.75 Å². The maximum atomic E-state index is 11.4. The number of carbonyl (C=O) groups is 1. The third-order valence-electron chi connectivity index (χ3n) is 2.72. The molecule has 0 heterocycles. The van der Waals surface area contributed by atoms with Gasteiger partial charge in [-0.25, -0.2) is 0 Å². The van der Waals surface area contributed by atoms with Crippen LogP contribution in [-0.4, -0.2) is 10.9 Å². The molecule has 0 amide bonds. The first-order chi connectivity index (χ1) is 9.47. The highest BCUT2D eigenvalue weighted by atomic mass is 35.5. The van der Waals surface area contributed by atoms with Crippen LogP contribution in [0.1, 0.15) is 22.8 Å². The molecule has 0 atom stereocenters. The Morgan fingerprint density at radius 1 is 1.20 bits per heavy atom. The zero-order valence-corrected chi connectivity index (χ0v) is 13.0. The second-order valence-corrected chi connectivity index (χ2v) is 6.18. The lowest BCUT2D eigenvalue weighted by atomic mass is 10.1. The number of aromatic hydroxyl groups is 1. The number of carbonyl (C=O) groups excluding carboxylic acids is 1. The summed E-state index contributed by atoms with van der Waals surface area (Å²) < 4.78 is 0. The van der Waals surface area contributed by atoms with Crippen molar-refractivity contribution in [3.63, 3.8) is 0 Å². The van der Waals surface area contributed by atoms with Gasteiger partial charge in [-0.2, -0.15) is 0 Å². The molecule has 2 aromatic carbocycles. The van der Waals surface area contributed by atoms with Crippen LogP contribution in [0.25, 0.3) is 0 Å². The van der Waals surface area contributed by atoms with Crippen molar-refractivity contribution in [2.24, 2.45) is 0 Å². The van der Waals surface area contributed by atoms with Gasteiger partial charge in [0.05, 0.1) is 5.56 Å². The van der Waals surface area contributed by atoms with Crippen molar-refractivity contribution >= 4 is 40.7 Å². The van der Waals surface area contributed by atoms with Gasteiger partial charge in [0.1, 0.15) is 5.75 Å². The summed E-state index contributed by atoms with van der Waals surface area (Å²) in [7, 11) is 0. The molecule has 0 saturated carbocycles. The number of Topliss-reactive ketones (excluding diaryl/α,β-unsaturated/α-hetero) is 1. The Balaban J connectivity index is 2.23. The average molecular weight is 327 g/mol. The summed E-state index contributed by atoms with van der Waals surface area (Å²) in [5.41, 5.74) is 0.881. The van der Waals surface area contributed by atoms with Crippen LogP contribution in [-0.2, 0) is 5.75 Å². The van der Waals surface area contributed by atoms with Crippen molar-refractivity contribution in [2.45, 2.75) is 17.6 Å². The molecule has 5 heteroatoms. The number of hydrogen-bond acceptors (Lipinski definition) is 3. The van der Waals surface area contributed by atoms with Crippen LogP contribution < -0.4 is 0 Å². The van der Waals surface area contributed by atoms with Crippen molar-refractivity contribution in [3.05, 3.63) is 57.6 Å². The molecule has 0 spiro atoms. The molecular formula is C15H12Cl2O2S. The Bertz CT molecular complexity index is 656. The van der Waals surface area contributed by atoms with Crippen molar-refractivity contribution in [2.75, 3.05) is 0 Å². The summed E-state index contributed by atoms with van der Waals surface area (Å²) in [5.74, 6) is 0.294. The predicted octanol–water partition coefficient (Wildman–Crippen LogP) is 5.19. The minimum Gasteiger partial charge on any atom is -0.507 e. The monoisotopic (exact) mass is 326 g/mol. The Labute approximate surface area is 131 Å². The van der Waals surface area contributed by atoms with E-state index in [0.29, 0.717) is 21.4 Å². The molecule has 20 heavy (non-hydrogen) atoms. The van der Waals surface area contributed by atoms with E-state index in [0.717, 1.165) is 4.90 Å². The van der Waals surface area contributed by atoms with Crippen molar-refractivity contribution in [1.29, 1.82) is 0 Å². The molecule has 0 radical (unpaired) electrons. The van der Waals surface area contributed by atoms with Gasteiger partial charge in [-0.3, -0.25) is 4.79 Å². The molecular weight excluding hydrogens is 315 g/mol. The lowest BCUT2D eigenvalue weighted by Gasteiger charge is -2.09. The van der Waals surface area contributed by atoms with Gasteiger partial charge in [-0.1, -0.05) is 29.3 Å². The Hall–Kier alpha value is -1.16. The first-order valence-corrected chi connectivity index (χ1v) is 7.62. The lowest BCUT2D eigenvalue weighted by molar-refractivity contribution is 0.101. The standard InChI is InChI=1S/C15H12Cl2O2S/c1-9(18)14-7-12(17)5-10(15(14)19)8-20-13-4-2-3-11(16)6-13/h2-7,19H,8H2,1H3. The van der Waals surface area contributed by atoms with Gasteiger partial charge in [0, 0.05) is 26.3 Å². The third kappa shape index (κ3) is 3.69. The van der Waals surface area contributed by atoms with Crippen LogP contribution in [0.2, 0.25) is 10.0 Å². The van der Waals surface area contributed by atoms with Gasteiger partial charge in [-0.15, -0.1) is 11.8 Å². The topological polar surface area (TPSA) is 37.3 Å². The highest BCUT2D eigenvalue weighted by Gasteiger charge is 2.13. The first-order valence-electron chi connectivity index (χ1n) is 5.88. The molecule has 0 unspecified atom stereocenters. The zero-order chi connectivity index (χ0) is 14.7. The summed E-state index contributed by atoms with van der Waals surface area (Å²) in [6.07, 6.45) is 0. The molecule has 1 N–H and O–H groups in total. The highest BCUT2D eigenvalue weighted by Crippen LogP contribution is 2.33. The molecule has 0 aliphatic rings. The molecule has 0 bridgehead atoms. The van der Waals surface area contributed by atoms with Crippen molar-refractivity contribution < 1.29 is 9.90 Å². The zero-order valence-electron chi connectivity index (χ0n) is 10.7. The fourth-order valence-electron chi connectivity index (χ4n) is 1.75. The number of hydrogen-bond donors (Lipinski definition) is 1. The number of ketones is 1. The second-order valence-electron chi connectivity index (χ2n) is 4.26. The van der Waals surface area contributed by atoms with E-state index in [1.165, 1.54) is 24.8 Å². The van der Waals surface area contributed by atoms with E-state index < -0.39 is 0 Å². The van der Waals surface area contributed by atoms with Gasteiger partial charge in [-0.05, 0) is 37.3 Å². The number of benzene rings is 2. The molecule has 0 aliphatic heterocycles. The maximum absolute atomic E-state index is 11.4. The smallest absolute Gasteiger partial charge is 0.163 e. The number of thioether (sulfide) groups is 1. The second kappa shape index (κ2) is 6.53. The van der Waals surface area contributed by atoms with Gasteiger partial charge in [0.25, 0.3) is 0 Å². The largest absolute Gasteiger partial charge is 0.507 e. The summed E-state index contributed by atoms with van der Waals surface area (Å²) in [6, 6.07) is 10.6. The maximum Gasteiger partial charge on any atom is 0.163 e. The lowest BCUT2D eigenvalue weighted by Crippen LogP contribution is -1.96. The first kappa shape index (κ1) is 15.2. The summed E-state index contributed by atoms with van der Waals surface area (Å²) in [5, 5.41) is 11.2. The number of phenolic OH excluding ortho intramolecular Hbond substituents is 1. The molecule has 2 aromatic rings. The predicted molar refractivity (Wildman–Crippen MR) is 84.1 cm³/mol. The van der Waals surface area contributed by atoms with Gasteiger partial charge < -0.3 is 5.11 Å². The highest BCUT2D eigenvalue weighted by molar-refractivity contribution is 7.98. The SMILES string of the molecule is CC(=O)c1cc(Cl)cc(CSc2cccc(Cl)c2)c1O. The molecule has 0 aliphatic carbocycles. The molecule has 0 fully saturated rings. The summed E-state index contributed by atoms with van der Waals surface area (Å²) in [6.45, 7) is 1.40. The Morgan fingerprint density at radius 3 is 2.60 bits per heavy atom. The van der Waals surface area contributed by atoms with Gasteiger partial charge in [0.15, 0.2) is 5.78 Å². The van der Waals surface area contributed by atoms with Crippen LogP contribution >= 0.6 is 35.0 Å². The molecule has 2 nitrogen and oxygen atoms in total. The van der Waals surface area contributed by atoms with E-state index in [4.69, 9.17) is 23.2 Å². The van der Waals surface area contributed by atoms with E-state index in [1.807, 2.05) is 18.2 Å². The normalized spacial score (nSPS) is 10.6. The fraction of sp³-hybridized carbons (Fsp3) is 0.133. The van der Waals surface area contributed by atoms with Crippen LogP contribution in [0.3, 0.4) is 0 Å². The molecule has 2 rings (SSSR count). The quantitative estimate of drug-likeness (QED) is 0.620. The van der Waals surface area contributed by atoms with E-state index in [2.05, 4.69) is 0 Å².